The molecule has 0 saturated carbocycles. The van der Waals surface area contributed by atoms with Crippen molar-refractivity contribution in [2.24, 2.45) is 5.92 Å². The largest absolute Gasteiger partial charge is 0.431 e. The average Bonchev–Trinajstić information content (AvgIpc) is 2.09. The number of ether oxygens (including phenoxy) is 1. The molecule has 0 spiro atoms. The van der Waals surface area contributed by atoms with Crippen molar-refractivity contribution in [2.75, 3.05) is 0 Å². The maximum atomic E-state index is 11.3. The summed E-state index contributed by atoms with van der Waals surface area (Å²) in [5.74, 6) is 1.29. The van der Waals surface area contributed by atoms with Crippen LogP contribution in [-0.2, 0) is 9.53 Å². The molecule has 0 aromatic rings. The molecule has 0 radical (unpaired) electrons. The molecule has 2 heteroatoms. The Hall–Kier alpha value is -1.05. The van der Waals surface area contributed by atoms with Gasteiger partial charge in [-0.05, 0) is 31.3 Å². The first-order chi connectivity index (χ1) is 6.72. The molecular formula is C12H18O2. The number of esters is 1. The van der Waals surface area contributed by atoms with E-state index in [0.29, 0.717) is 12.3 Å². The van der Waals surface area contributed by atoms with Crippen LogP contribution in [0.3, 0.4) is 0 Å². The van der Waals surface area contributed by atoms with Gasteiger partial charge in [-0.25, -0.2) is 0 Å². The lowest BCUT2D eigenvalue weighted by Gasteiger charge is -2.14. The van der Waals surface area contributed by atoms with Crippen molar-refractivity contribution < 1.29 is 9.53 Å². The first-order valence-corrected chi connectivity index (χ1v) is 5.23. The minimum atomic E-state index is -0.0909. The first-order valence-electron chi connectivity index (χ1n) is 5.23. The molecule has 1 aliphatic carbocycles. The highest BCUT2D eigenvalue weighted by atomic mass is 16.5. The summed E-state index contributed by atoms with van der Waals surface area (Å²) < 4.78 is 5.11. The summed E-state index contributed by atoms with van der Waals surface area (Å²) in [5, 5.41) is 0. The second kappa shape index (κ2) is 5.63. The molecule has 0 fully saturated rings. The summed E-state index contributed by atoms with van der Waals surface area (Å²) in [4.78, 5) is 11.3. The van der Waals surface area contributed by atoms with Gasteiger partial charge in [0.15, 0.2) is 0 Å². The van der Waals surface area contributed by atoms with Crippen LogP contribution in [0, 0.1) is 5.92 Å². The van der Waals surface area contributed by atoms with Crippen LogP contribution in [0.5, 0.6) is 0 Å². The van der Waals surface area contributed by atoms with E-state index in [-0.39, 0.29) is 5.97 Å². The molecule has 0 N–H and O–H groups in total. The zero-order chi connectivity index (χ0) is 10.4. The van der Waals surface area contributed by atoms with Crippen molar-refractivity contribution in [1.82, 2.24) is 0 Å². The van der Waals surface area contributed by atoms with Crippen molar-refractivity contribution in [1.29, 1.82) is 0 Å². The predicted octanol–water partition coefficient (Wildman–Crippen LogP) is 3.20. The summed E-state index contributed by atoms with van der Waals surface area (Å²) in [6.07, 6.45) is 8.21. The van der Waals surface area contributed by atoms with Gasteiger partial charge in [0.25, 0.3) is 0 Å². The van der Waals surface area contributed by atoms with Gasteiger partial charge >= 0.3 is 5.97 Å². The maximum absolute atomic E-state index is 11.3. The molecule has 1 aliphatic rings. The fraction of sp³-hybridized carbons (Fsp3) is 0.583. The summed E-state index contributed by atoms with van der Waals surface area (Å²) in [7, 11) is 0. The van der Waals surface area contributed by atoms with Gasteiger partial charge in [0.05, 0.1) is 0 Å². The summed E-state index contributed by atoms with van der Waals surface area (Å²) in [5.41, 5.74) is 0. The molecule has 0 heterocycles. The van der Waals surface area contributed by atoms with Gasteiger partial charge < -0.3 is 4.74 Å². The van der Waals surface area contributed by atoms with Crippen molar-refractivity contribution >= 4 is 5.97 Å². The highest BCUT2D eigenvalue weighted by Gasteiger charge is 2.12. The Labute approximate surface area is 85.6 Å². The lowest BCUT2D eigenvalue weighted by Crippen LogP contribution is -2.09. The van der Waals surface area contributed by atoms with Crippen LogP contribution in [0.4, 0.5) is 0 Å². The van der Waals surface area contributed by atoms with Gasteiger partial charge in [-0.1, -0.05) is 13.0 Å². The Balaban J connectivity index is 2.10. The lowest BCUT2D eigenvalue weighted by molar-refractivity contribution is -0.140. The maximum Gasteiger partial charge on any atom is 0.310 e. The highest BCUT2D eigenvalue weighted by molar-refractivity contribution is 5.70. The molecule has 78 valence electrons. The standard InChI is InChI=1S/C12H18O2/c1-3-5-10(2)8-9-12(13)14-11-6-4-7-11/h3,6,10H,1,4-5,7-9H2,2H3. The third-order valence-electron chi connectivity index (χ3n) is 2.42. The molecule has 0 saturated heterocycles. The minimum Gasteiger partial charge on any atom is -0.431 e. The monoisotopic (exact) mass is 194 g/mol. The van der Waals surface area contributed by atoms with E-state index in [4.69, 9.17) is 4.74 Å². The quantitative estimate of drug-likeness (QED) is 0.479. The SMILES string of the molecule is C=CCC(C)CCC(=O)OC1=CCC1. The highest BCUT2D eigenvalue weighted by Crippen LogP contribution is 2.20. The van der Waals surface area contributed by atoms with E-state index in [2.05, 4.69) is 13.5 Å². The molecule has 14 heavy (non-hydrogen) atoms. The third-order valence-corrected chi connectivity index (χ3v) is 2.42. The van der Waals surface area contributed by atoms with Gasteiger partial charge in [-0.2, -0.15) is 0 Å². The van der Waals surface area contributed by atoms with E-state index < -0.39 is 0 Å². The molecular weight excluding hydrogens is 176 g/mol. The third kappa shape index (κ3) is 3.77. The lowest BCUT2D eigenvalue weighted by atomic mass is 10.0. The molecule has 1 rings (SSSR count). The summed E-state index contributed by atoms with van der Waals surface area (Å²) >= 11 is 0. The van der Waals surface area contributed by atoms with Gasteiger partial charge in [-0.15, -0.1) is 6.58 Å². The smallest absolute Gasteiger partial charge is 0.310 e. The van der Waals surface area contributed by atoms with E-state index in [1.807, 2.05) is 12.2 Å². The Morgan fingerprint density at radius 3 is 3.00 bits per heavy atom. The van der Waals surface area contributed by atoms with Gasteiger partial charge in [-0.3, -0.25) is 4.79 Å². The van der Waals surface area contributed by atoms with Crippen LogP contribution in [0.2, 0.25) is 0 Å². The van der Waals surface area contributed by atoms with Crippen molar-refractivity contribution in [2.45, 2.75) is 39.0 Å². The topological polar surface area (TPSA) is 26.3 Å². The normalized spacial score (nSPS) is 16.5. The minimum absolute atomic E-state index is 0.0909. The molecule has 1 unspecified atom stereocenters. The molecule has 0 bridgehead atoms. The molecule has 0 aromatic heterocycles. The number of carbonyl (C=O) groups excluding carboxylic acids is 1. The molecule has 2 nitrogen and oxygen atoms in total. The molecule has 0 aromatic carbocycles. The molecule has 0 amide bonds. The summed E-state index contributed by atoms with van der Waals surface area (Å²) in [6.45, 7) is 5.80. The Bertz CT molecular complexity index is 241. The molecule has 0 aliphatic heterocycles. The van der Waals surface area contributed by atoms with E-state index in [1.165, 1.54) is 0 Å². The zero-order valence-electron chi connectivity index (χ0n) is 8.79. The first kappa shape index (κ1) is 11.0. The molecule has 1 atom stereocenters. The van der Waals surface area contributed by atoms with Crippen LogP contribution in [-0.4, -0.2) is 5.97 Å². The fourth-order valence-electron chi connectivity index (χ4n) is 1.32. The second-order valence-corrected chi connectivity index (χ2v) is 3.85. The van der Waals surface area contributed by atoms with Crippen LogP contribution in [0.25, 0.3) is 0 Å². The van der Waals surface area contributed by atoms with Gasteiger partial charge in [0.2, 0.25) is 0 Å². The van der Waals surface area contributed by atoms with E-state index in [1.54, 1.807) is 0 Å². The van der Waals surface area contributed by atoms with Crippen LogP contribution in [0.1, 0.15) is 39.0 Å². The van der Waals surface area contributed by atoms with Crippen molar-refractivity contribution in [3.63, 3.8) is 0 Å². The average molecular weight is 194 g/mol. The number of rotatable bonds is 6. The van der Waals surface area contributed by atoms with E-state index in [0.717, 1.165) is 31.4 Å². The predicted molar refractivity (Wildman–Crippen MR) is 56.6 cm³/mol. The van der Waals surface area contributed by atoms with Crippen LogP contribution in [0.15, 0.2) is 24.5 Å². The Morgan fingerprint density at radius 2 is 2.50 bits per heavy atom. The van der Waals surface area contributed by atoms with Crippen molar-refractivity contribution in [3.05, 3.63) is 24.5 Å². The van der Waals surface area contributed by atoms with Crippen LogP contribution < -0.4 is 0 Å². The van der Waals surface area contributed by atoms with Gasteiger partial charge in [0, 0.05) is 12.8 Å². The van der Waals surface area contributed by atoms with Crippen molar-refractivity contribution in [3.8, 4) is 0 Å². The fourth-order valence-corrected chi connectivity index (χ4v) is 1.32. The van der Waals surface area contributed by atoms with E-state index >= 15 is 0 Å². The Morgan fingerprint density at radius 1 is 1.79 bits per heavy atom. The Kier molecular flexibility index (Phi) is 4.44. The number of allylic oxidation sites excluding steroid dienone is 3. The number of hydrogen-bond donors (Lipinski definition) is 0. The van der Waals surface area contributed by atoms with E-state index in [9.17, 15) is 4.79 Å². The number of carbonyl (C=O) groups is 1. The zero-order valence-corrected chi connectivity index (χ0v) is 8.79. The summed E-state index contributed by atoms with van der Waals surface area (Å²) in [6, 6.07) is 0. The van der Waals surface area contributed by atoms with Crippen LogP contribution >= 0.6 is 0 Å². The second-order valence-electron chi connectivity index (χ2n) is 3.85. The van der Waals surface area contributed by atoms with Gasteiger partial charge in [0.1, 0.15) is 5.76 Å². The number of hydrogen-bond acceptors (Lipinski definition) is 2.